The fraction of sp³-hybridized carbons (Fsp3) is 0.296. The van der Waals surface area contributed by atoms with Crippen LogP contribution >= 0.6 is 0 Å². The van der Waals surface area contributed by atoms with Gasteiger partial charge >= 0.3 is 6.03 Å². The van der Waals surface area contributed by atoms with Crippen molar-refractivity contribution in [3.63, 3.8) is 0 Å². The maximum Gasteiger partial charge on any atom is 0.325 e. The first kappa shape index (κ1) is 23.7. The molecule has 0 saturated carbocycles. The highest BCUT2D eigenvalue weighted by Gasteiger charge is 2.52. The van der Waals surface area contributed by atoms with Gasteiger partial charge < -0.3 is 16.0 Å². The van der Waals surface area contributed by atoms with E-state index in [-0.39, 0.29) is 18.5 Å². The number of rotatable bonds is 8. The van der Waals surface area contributed by atoms with Crippen molar-refractivity contribution in [1.82, 2.24) is 24.9 Å². The molecule has 5 rings (SSSR count). The zero-order chi connectivity index (χ0) is 25.1. The normalized spacial score (nSPS) is 17.5. The van der Waals surface area contributed by atoms with Crippen molar-refractivity contribution < 1.29 is 14.4 Å². The van der Waals surface area contributed by atoms with Crippen molar-refractivity contribution in [2.45, 2.75) is 31.3 Å². The number of primary amides is 1. The van der Waals surface area contributed by atoms with Crippen LogP contribution in [0.1, 0.15) is 40.7 Å². The van der Waals surface area contributed by atoms with Crippen LogP contribution in [-0.2, 0) is 11.3 Å². The fourth-order valence-electron chi connectivity index (χ4n) is 4.98. The standard InChI is InChI=1S/C27H29N6O3/c28-24(34)23-7-2-1-5-21(23)6-3-15-31-17-12-27(13-18-31)25(35)32(26(36)30-27)19-20-8-10-22(11-9-20)33-16-4-14-29-33/h1-2,4-11,14,16H,3,12-13,15,17-19H2,(H2,28,34)(H,30,36). The van der Waals surface area contributed by atoms with Crippen LogP contribution in [0.5, 0.6) is 0 Å². The van der Waals surface area contributed by atoms with Crippen molar-refractivity contribution >= 4 is 17.8 Å². The van der Waals surface area contributed by atoms with Crippen LogP contribution in [0.25, 0.3) is 5.69 Å². The Bertz CT molecular complexity index is 1250. The molecule has 0 aliphatic carbocycles. The van der Waals surface area contributed by atoms with Gasteiger partial charge in [-0.15, -0.1) is 0 Å². The zero-order valence-corrected chi connectivity index (χ0v) is 20.0. The fourth-order valence-corrected chi connectivity index (χ4v) is 4.98. The first-order valence-corrected chi connectivity index (χ1v) is 12.1. The number of imide groups is 1. The quantitative estimate of drug-likeness (QED) is 0.476. The van der Waals surface area contributed by atoms with Gasteiger partial charge in [0.05, 0.1) is 12.2 Å². The summed E-state index contributed by atoms with van der Waals surface area (Å²) >= 11 is 0. The molecule has 9 heteroatoms. The van der Waals surface area contributed by atoms with Gasteiger partial charge in [0.15, 0.2) is 0 Å². The van der Waals surface area contributed by atoms with Crippen molar-refractivity contribution in [3.05, 3.63) is 90.1 Å². The van der Waals surface area contributed by atoms with Crippen LogP contribution < -0.4 is 11.1 Å². The van der Waals surface area contributed by atoms with E-state index >= 15 is 0 Å². The van der Waals surface area contributed by atoms with Crippen LogP contribution in [-0.4, -0.2) is 62.6 Å². The molecule has 1 radical (unpaired) electrons. The number of carbonyl (C=O) groups excluding carboxylic acids is 3. The summed E-state index contributed by atoms with van der Waals surface area (Å²) in [5.41, 5.74) is 7.79. The summed E-state index contributed by atoms with van der Waals surface area (Å²) in [4.78, 5) is 41.3. The highest BCUT2D eigenvalue weighted by Crippen LogP contribution is 2.30. The zero-order valence-electron chi connectivity index (χ0n) is 20.0. The van der Waals surface area contributed by atoms with Crippen molar-refractivity contribution in [1.29, 1.82) is 0 Å². The minimum absolute atomic E-state index is 0.148. The highest BCUT2D eigenvalue weighted by atomic mass is 16.2. The van der Waals surface area contributed by atoms with Gasteiger partial charge in [-0.3, -0.25) is 14.5 Å². The van der Waals surface area contributed by atoms with Gasteiger partial charge in [-0.2, -0.15) is 5.10 Å². The lowest BCUT2D eigenvalue weighted by Gasteiger charge is -2.37. The summed E-state index contributed by atoms with van der Waals surface area (Å²) in [7, 11) is 0. The van der Waals surface area contributed by atoms with E-state index in [1.165, 1.54) is 4.90 Å². The molecule has 2 aliphatic rings. The molecule has 2 aliphatic heterocycles. The largest absolute Gasteiger partial charge is 0.366 e. The Labute approximate surface area is 209 Å². The number of aromatic nitrogens is 2. The summed E-state index contributed by atoms with van der Waals surface area (Å²) in [5.74, 6) is -0.582. The lowest BCUT2D eigenvalue weighted by Crippen LogP contribution is -2.55. The predicted octanol–water partition coefficient (Wildman–Crippen LogP) is 2.50. The summed E-state index contributed by atoms with van der Waals surface area (Å²) in [6.07, 6.45) is 7.51. The number of benzene rings is 2. The summed E-state index contributed by atoms with van der Waals surface area (Å²) in [6, 6.07) is 16.5. The third-order valence-corrected chi connectivity index (χ3v) is 7.04. The molecule has 9 nitrogen and oxygen atoms in total. The SMILES string of the molecule is NC(=O)c1ccccc1[CH]CCN1CCC2(CC1)NC(=O)N(Cc1ccc(-n3cccn3)cc1)C2=O. The molecule has 0 atom stereocenters. The number of hydrogen-bond acceptors (Lipinski definition) is 5. The van der Waals surface area contributed by atoms with E-state index in [1.807, 2.05) is 55.1 Å². The number of hydrogen-bond donors (Lipinski definition) is 2. The first-order chi connectivity index (χ1) is 17.4. The minimum Gasteiger partial charge on any atom is -0.366 e. The maximum absolute atomic E-state index is 13.3. The van der Waals surface area contributed by atoms with Crippen LogP contribution in [0.15, 0.2) is 67.0 Å². The van der Waals surface area contributed by atoms with Gasteiger partial charge in [-0.05, 0) is 67.6 Å². The Morgan fingerprint density at radius 3 is 2.50 bits per heavy atom. The van der Waals surface area contributed by atoms with E-state index in [1.54, 1.807) is 23.0 Å². The molecule has 3 N–H and O–H groups in total. The Kier molecular flexibility index (Phi) is 6.56. The van der Waals surface area contributed by atoms with E-state index in [0.717, 1.165) is 29.8 Å². The van der Waals surface area contributed by atoms with Gasteiger partial charge in [0.25, 0.3) is 5.91 Å². The number of carbonyl (C=O) groups is 3. The van der Waals surface area contributed by atoms with Gasteiger partial charge in [-0.1, -0.05) is 30.3 Å². The Morgan fingerprint density at radius 2 is 1.81 bits per heavy atom. The number of piperidine rings is 1. The molecule has 185 valence electrons. The Hall–Kier alpha value is -3.98. The third-order valence-electron chi connectivity index (χ3n) is 7.04. The van der Waals surface area contributed by atoms with Gasteiger partial charge in [-0.25, -0.2) is 9.48 Å². The molecule has 0 unspecified atom stereocenters. The molecule has 0 bridgehead atoms. The molecule has 4 amide bonds. The molecular formula is C27H29N6O3. The highest BCUT2D eigenvalue weighted by molar-refractivity contribution is 6.07. The number of nitrogens with two attached hydrogens (primary N) is 1. The van der Waals surface area contributed by atoms with E-state index < -0.39 is 11.4 Å². The van der Waals surface area contributed by atoms with Crippen molar-refractivity contribution in [3.8, 4) is 5.69 Å². The predicted molar refractivity (Wildman–Crippen MR) is 134 cm³/mol. The second-order valence-corrected chi connectivity index (χ2v) is 9.31. The van der Waals surface area contributed by atoms with Crippen LogP contribution in [0.4, 0.5) is 4.79 Å². The first-order valence-electron chi connectivity index (χ1n) is 12.1. The monoisotopic (exact) mass is 485 g/mol. The van der Waals surface area contributed by atoms with E-state index in [2.05, 4.69) is 15.3 Å². The second-order valence-electron chi connectivity index (χ2n) is 9.31. The Morgan fingerprint density at radius 1 is 1.06 bits per heavy atom. The lowest BCUT2D eigenvalue weighted by atomic mass is 9.87. The van der Waals surface area contributed by atoms with E-state index in [0.29, 0.717) is 31.5 Å². The summed E-state index contributed by atoms with van der Waals surface area (Å²) in [6.45, 7) is 2.47. The number of likely N-dealkylation sites (tertiary alicyclic amines) is 1. The molecule has 3 heterocycles. The molecule has 36 heavy (non-hydrogen) atoms. The molecule has 3 aromatic rings. The third kappa shape index (κ3) is 4.74. The van der Waals surface area contributed by atoms with Crippen LogP contribution in [0.2, 0.25) is 0 Å². The molecule has 2 saturated heterocycles. The average molecular weight is 486 g/mol. The molecule has 1 spiro atoms. The van der Waals surface area contributed by atoms with Crippen molar-refractivity contribution in [2.24, 2.45) is 5.73 Å². The van der Waals surface area contributed by atoms with Crippen LogP contribution in [0, 0.1) is 6.42 Å². The molecular weight excluding hydrogens is 456 g/mol. The minimum atomic E-state index is -0.829. The topological polar surface area (TPSA) is 114 Å². The molecule has 2 aromatic carbocycles. The summed E-state index contributed by atoms with van der Waals surface area (Å²) in [5, 5.41) is 7.20. The van der Waals surface area contributed by atoms with Gasteiger partial charge in [0.2, 0.25) is 5.91 Å². The molecule has 2 fully saturated rings. The summed E-state index contributed by atoms with van der Waals surface area (Å²) < 4.78 is 1.76. The average Bonchev–Trinajstić information content (AvgIpc) is 3.50. The van der Waals surface area contributed by atoms with Crippen molar-refractivity contribution in [2.75, 3.05) is 19.6 Å². The maximum atomic E-state index is 13.3. The Balaban J connectivity index is 1.14. The number of amides is 4. The van der Waals surface area contributed by atoms with E-state index in [4.69, 9.17) is 5.73 Å². The number of nitrogens with zero attached hydrogens (tertiary/aromatic N) is 4. The van der Waals surface area contributed by atoms with Gasteiger partial charge in [0, 0.05) is 31.0 Å². The molecule has 1 aromatic heterocycles. The number of urea groups is 1. The lowest BCUT2D eigenvalue weighted by molar-refractivity contribution is -0.133. The van der Waals surface area contributed by atoms with E-state index in [9.17, 15) is 14.4 Å². The van der Waals surface area contributed by atoms with Gasteiger partial charge in [0.1, 0.15) is 5.54 Å². The smallest absolute Gasteiger partial charge is 0.325 e. The van der Waals surface area contributed by atoms with Crippen LogP contribution in [0.3, 0.4) is 0 Å². The number of nitrogens with one attached hydrogen (secondary N) is 1. The second kappa shape index (κ2) is 9.94.